The Morgan fingerprint density at radius 1 is 1.22 bits per heavy atom. The van der Waals surface area contributed by atoms with Crippen LogP contribution in [0.15, 0.2) is 46.3 Å². The average molecular weight is 324 g/mol. The van der Waals surface area contributed by atoms with Crippen molar-refractivity contribution in [2.45, 2.75) is 12.3 Å². The molecule has 0 spiro atoms. The molecule has 23 heavy (non-hydrogen) atoms. The summed E-state index contributed by atoms with van der Waals surface area (Å²) in [7, 11) is 0. The van der Waals surface area contributed by atoms with Crippen molar-refractivity contribution in [3.8, 4) is 17.9 Å². The molecule has 1 fully saturated rings. The lowest BCUT2D eigenvalue weighted by Gasteiger charge is -2.36. The van der Waals surface area contributed by atoms with E-state index in [0.717, 1.165) is 0 Å². The van der Waals surface area contributed by atoms with Gasteiger partial charge < -0.3 is 10.8 Å². The Kier molecular flexibility index (Phi) is 3.73. The van der Waals surface area contributed by atoms with Gasteiger partial charge in [0.25, 0.3) is 0 Å². The molecule has 1 aromatic rings. The highest BCUT2D eigenvalue weighted by Crippen LogP contribution is 2.45. The fourth-order valence-electron chi connectivity index (χ4n) is 2.74. The van der Waals surface area contributed by atoms with Gasteiger partial charge in [0.05, 0.1) is 34.2 Å². The molecule has 2 aliphatic rings. The van der Waals surface area contributed by atoms with Crippen LogP contribution < -0.4 is 5.73 Å². The van der Waals surface area contributed by atoms with E-state index in [9.17, 15) is 20.4 Å². The molecule has 2 heterocycles. The molecule has 114 valence electrons. The van der Waals surface area contributed by atoms with Gasteiger partial charge in [0.2, 0.25) is 5.91 Å². The third-order valence-corrected chi connectivity index (χ3v) is 4.88. The van der Waals surface area contributed by atoms with E-state index in [-0.39, 0.29) is 23.1 Å². The first-order valence-electron chi connectivity index (χ1n) is 6.87. The number of phenols is 1. The van der Waals surface area contributed by atoms with Crippen molar-refractivity contribution >= 4 is 17.7 Å². The zero-order chi connectivity index (χ0) is 16.6. The minimum absolute atomic E-state index is 0.0803. The Labute approximate surface area is 137 Å². The summed E-state index contributed by atoms with van der Waals surface area (Å²) >= 11 is 1.39. The standard InChI is InChI=1S/C16H12N4O2S/c17-7-11-14(9-1-3-10(21)4-2-9)12(8-18)16-20(15(11)19)13(22)5-6-23-16/h1-4,14,21H,5-6,19H2. The number of carbonyl (C=O) groups excluding carboxylic acids is 1. The molecule has 1 aromatic carbocycles. The molecule has 1 atom stereocenters. The molecule has 1 unspecified atom stereocenters. The quantitative estimate of drug-likeness (QED) is 0.815. The number of amides is 1. The number of carbonyl (C=O) groups is 1. The largest absolute Gasteiger partial charge is 0.508 e. The smallest absolute Gasteiger partial charge is 0.233 e. The normalized spacial score (nSPS) is 20.9. The number of benzene rings is 1. The van der Waals surface area contributed by atoms with Crippen molar-refractivity contribution in [2.24, 2.45) is 5.73 Å². The van der Waals surface area contributed by atoms with E-state index in [2.05, 4.69) is 6.07 Å². The third-order valence-electron chi connectivity index (χ3n) is 3.80. The summed E-state index contributed by atoms with van der Waals surface area (Å²) in [6, 6.07) is 10.4. The number of rotatable bonds is 1. The summed E-state index contributed by atoms with van der Waals surface area (Å²) in [5.41, 5.74) is 7.24. The van der Waals surface area contributed by atoms with Crippen molar-refractivity contribution in [3.05, 3.63) is 51.8 Å². The fourth-order valence-corrected chi connectivity index (χ4v) is 3.86. The van der Waals surface area contributed by atoms with Gasteiger partial charge in [0.15, 0.2) is 0 Å². The van der Waals surface area contributed by atoms with Crippen LogP contribution in [-0.4, -0.2) is 21.7 Å². The summed E-state index contributed by atoms with van der Waals surface area (Å²) in [4.78, 5) is 13.4. The van der Waals surface area contributed by atoms with Gasteiger partial charge in [-0.15, -0.1) is 11.8 Å². The van der Waals surface area contributed by atoms with Crippen LogP contribution in [-0.2, 0) is 4.79 Å². The van der Waals surface area contributed by atoms with E-state index in [1.54, 1.807) is 12.1 Å². The number of allylic oxidation sites excluding steroid dienone is 2. The van der Waals surface area contributed by atoms with Gasteiger partial charge in [-0.1, -0.05) is 12.1 Å². The van der Waals surface area contributed by atoms with Crippen molar-refractivity contribution in [1.82, 2.24) is 4.90 Å². The summed E-state index contributed by atoms with van der Waals surface area (Å²) in [5, 5.41) is 29.1. The molecule has 3 rings (SSSR count). The first kappa shape index (κ1) is 15.0. The Morgan fingerprint density at radius 2 is 1.87 bits per heavy atom. The molecular formula is C16H12N4O2S. The Bertz CT molecular complexity index is 827. The number of phenolic OH excluding ortho intramolecular Hbond substituents is 1. The highest BCUT2D eigenvalue weighted by Gasteiger charge is 2.40. The number of hydrogen-bond acceptors (Lipinski definition) is 6. The Hall–Kier alpha value is -2.90. The third kappa shape index (κ3) is 2.32. The van der Waals surface area contributed by atoms with Gasteiger partial charge in [-0.05, 0) is 17.7 Å². The average Bonchev–Trinajstić information content (AvgIpc) is 2.55. The van der Waals surface area contributed by atoms with Crippen LogP contribution in [0, 0.1) is 22.7 Å². The number of thioether (sulfide) groups is 1. The molecule has 7 heteroatoms. The molecule has 0 radical (unpaired) electrons. The second kappa shape index (κ2) is 5.71. The van der Waals surface area contributed by atoms with Crippen molar-refractivity contribution in [1.29, 1.82) is 10.5 Å². The number of nitriles is 2. The maximum absolute atomic E-state index is 12.2. The molecule has 1 saturated heterocycles. The van der Waals surface area contributed by atoms with Crippen molar-refractivity contribution in [3.63, 3.8) is 0 Å². The van der Waals surface area contributed by atoms with Gasteiger partial charge in [-0.2, -0.15) is 10.5 Å². The van der Waals surface area contributed by atoms with Crippen LogP contribution in [0.2, 0.25) is 0 Å². The molecule has 2 aliphatic heterocycles. The van der Waals surface area contributed by atoms with E-state index in [1.807, 2.05) is 6.07 Å². The minimum atomic E-state index is -0.629. The van der Waals surface area contributed by atoms with Gasteiger partial charge in [-0.3, -0.25) is 9.69 Å². The molecule has 0 aromatic heterocycles. The fraction of sp³-hybridized carbons (Fsp3) is 0.188. The summed E-state index contributed by atoms with van der Waals surface area (Å²) in [6.07, 6.45) is 0.316. The lowest BCUT2D eigenvalue weighted by atomic mass is 9.83. The predicted molar refractivity (Wildman–Crippen MR) is 84.2 cm³/mol. The molecule has 3 N–H and O–H groups in total. The Balaban J connectivity index is 2.23. The number of nitrogens with two attached hydrogens (primary N) is 1. The summed E-state index contributed by atoms with van der Waals surface area (Å²) < 4.78 is 0. The topological polar surface area (TPSA) is 114 Å². The predicted octanol–water partition coefficient (Wildman–Crippen LogP) is 1.88. The van der Waals surface area contributed by atoms with Gasteiger partial charge in [0, 0.05) is 12.2 Å². The van der Waals surface area contributed by atoms with E-state index < -0.39 is 5.92 Å². The number of fused-ring (bicyclic) bond motifs is 1. The van der Waals surface area contributed by atoms with Gasteiger partial charge in [0.1, 0.15) is 11.6 Å². The maximum Gasteiger partial charge on any atom is 0.233 e. The van der Waals surface area contributed by atoms with Crippen LogP contribution in [0.1, 0.15) is 17.9 Å². The Morgan fingerprint density at radius 3 is 2.48 bits per heavy atom. The monoisotopic (exact) mass is 324 g/mol. The molecule has 0 bridgehead atoms. The molecule has 0 saturated carbocycles. The number of nitrogens with zero attached hydrogens (tertiary/aromatic N) is 3. The zero-order valence-corrected chi connectivity index (χ0v) is 12.8. The van der Waals surface area contributed by atoms with E-state index in [1.165, 1.54) is 28.8 Å². The van der Waals surface area contributed by atoms with Crippen LogP contribution in [0.25, 0.3) is 0 Å². The van der Waals surface area contributed by atoms with E-state index >= 15 is 0 Å². The SMILES string of the molecule is N#CC1=C(N)N2C(=O)CCSC2=C(C#N)C1c1ccc(O)cc1. The first-order valence-corrected chi connectivity index (χ1v) is 7.85. The lowest BCUT2D eigenvalue weighted by Crippen LogP contribution is -2.40. The van der Waals surface area contributed by atoms with Crippen molar-refractivity contribution < 1.29 is 9.90 Å². The molecule has 0 aliphatic carbocycles. The van der Waals surface area contributed by atoms with Gasteiger partial charge >= 0.3 is 0 Å². The molecular weight excluding hydrogens is 312 g/mol. The highest BCUT2D eigenvalue weighted by atomic mass is 32.2. The second-order valence-electron chi connectivity index (χ2n) is 5.09. The highest BCUT2D eigenvalue weighted by molar-refractivity contribution is 8.03. The summed E-state index contributed by atoms with van der Waals surface area (Å²) in [6.45, 7) is 0. The van der Waals surface area contributed by atoms with Crippen LogP contribution in [0.3, 0.4) is 0 Å². The first-order chi connectivity index (χ1) is 11.1. The van der Waals surface area contributed by atoms with Crippen LogP contribution in [0.5, 0.6) is 5.75 Å². The summed E-state index contributed by atoms with van der Waals surface area (Å²) in [5.74, 6) is -0.0872. The number of aromatic hydroxyl groups is 1. The molecule has 1 amide bonds. The minimum Gasteiger partial charge on any atom is -0.508 e. The van der Waals surface area contributed by atoms with Gasteiger partial charge in [-0.25, -0.2) is 0 Å². The van der Waals surface area contributed by atoms with E-state index in [4.69, 9.17) is 5.73 Å². The second-order valence-corrected chi connectivity index (χ2v) is 6.18. The van der Waals surface area contributed by atoms with Crippen LogP contribution in [0.4, 0.5) is 0 Å². The lowest BCUT2D eigenvalue weighted by molar-refractivity contribution is -0.127. The maximum atomic E-state index is 12.2. The van der Waals surface area contributed by atoms with Crippen LogP contribution >= 0.6 is 11.8 Å². The van der Waals surface area contributed by atoms with E-state index in [0.29, 0.717) is 28.3 Å². The number of hydrogen-bond donors (Lipinski definition) is 2. The molecule has 6 nitrogen and oxygen atoms in total. The zero-order valence-electron chi connectivity index (χ0n) is 12.0. The van der Waals surface area contributed by atoms with Crippen molar-refractivity contribution in [2.75, 3.05) is 5.75 Å².